The van der Waals surface area contributed by atoms with Crippen LogP contribution in [0.2, 0.25) is 38.5 Å². The Morgan fingerprint density at radius 3 is 1.61 bits per heavy atom. The summed E-state index contributed by atoms with van der Waals surface area (Å²) in [5.74, 6) is 0. The first kappa shape index (κ1) is 15.5. The SMILES string of the molecule is CN(C)[C]12[CH]3[CH]4[CH]5[C]1(c1ccccc1P(c1ccccc1)c1ccccc1)[Fe]45321678[CH]2[CH]1[CH]6[CH]7[CH]28. The molecule has 3 aromatic carbocycles. The summed E-state index contributed by atoms with van der Waals surface area (Å²) >= 11 is 0. The fourth-order valence-electron chi connectivity index (χ4n) is 21.1. The van der Waals surface area contributed by atoms with Crippen LogP contribution >= 0.6 is 7.92 Å². The van der Waals surface area contributed by atoms with E-state index in [4.69, 9.17) is 0 Å². The van der Waals surface area contributed by atoms with Crippen molar-refractivity contribution in [2.24, 2.45) is 0 Å². The first-order chi connectivity index (χ1) is 16.0. The summed E-state index contributed by atoms with van der Waals surface area (Å²) in [6.07, 6.45) is 0. The fraction of sp³-hybridized carbons (Fsp3) is 0.400. The van der Waals surface area contributed by atoms with E-state index in [2.05, 4.69) is 104 Å². The summed E-state index contributed by atoms with van der Waals surface area (Å²) in [5, 5.41) is 4.77. The van der Waals surface area contributed by atoms with Gasteiger partial charge < -0.3 is 0 Å². The van der Waals surface area contributed by atoms with Gasteiger partial charge >= 0.3 is 187 Å². The number of hydrogen-bond donors (Lipinski definition) is 0. The molecule has 1 nitrogen and oxygen atoms in total. The van der Waals surface area contributed by atoms with Crippen molar-refractivity contribution in [2.75, 3.05) is 14.1 Å². The Morgan fingerprint density at radius 2 is 1.15 bits per heavy atom. The molecule has 10 aliphatic heterocycles. The maximum atomic E-state index is 2.90. The molecule has 10 saturated heterocycles. The second-order valence-electron chi connectivity index (χ2n) is 15.1. The summed E-state index contributed by atoms with van der Waals surface area (Å²) in [4.78, 5) is 13.2. The van der Waals surface area contributed by atoms with Crippen LogP contribution in [0.3, 0.4) is 0 Å². The Morgan fingerprint density at radius 1 is 0.636 bits per heavy atom. The third-order valence-electron chi connectivity index (χ3n) is 19.0. The fourth-order valence-corrected chi connectivity index (χ4v) is 100. The molecular formula is C30H28FeNP. The summed E-state index contributed by atoms with van der Waals surface area (Å²) < 4.78 is 1.38. The van der Waals surface area contributed by atoms with Crippen LogP contribution in [0.1, 0.15) is 5.56 Å². The van der Waals surface area contributed by atoms with Gasteiger partial charge in [0.25, 0.3) is 0 Å². The molecule has 10 heterocycles. The Balaban J connectivity index is 1.17. The van der Waals surface area contributed by atoms with E-state index in [0.717, 1.165) is 0 Å². The van der Waals surface area contributed by atoms with Gasteiger partial charge in [0.1, 0.15) is 0 Å². The molecule has 3 heteroatoms. The summed E-state index contributed by atoms with van der Waals surface area (Å²) in [6, 6.07) is 33.0. The van der Waals surface area contributed by atoms with E-state index in [1.807, 2.05) is 5.56 Å². The Bertz CT molecular complexity index is 1840. The van der Waals surface area contributed by atoms with Crippen molar-refractivity contribution >= 4 is 23.8 Å². The van der Waals surface area contributed by atoms with Gasteiger partial charge in [0.05, 0.1) is 0 Å². The molecule has 0 radical (unpaired) electrons. The van der Waals surface area contributed by atoms with Crippen LogP contribution in [-0.4, -0.2) is 23.4 Å². The van der Waals surface area contributed by atoms with Gasteiger partial charge in [-0.05, 0) is 0 Å². The molecule has 0 N–H and O–H groups in total. The molecule has 0 bridgehead atoms. The van der Waals surface area contributed by atoms with Crippen LogP contribution in [0.5, 0.6) is 0 Å². The van der Waals surface area contributed by atoms with Gasteiger partial charge in [-0.1, -0.05) is 0 Å². The molecular weight excluding hydrogens is 461 g/mol. The monoisotopic (exact) mass is 489 g/mol. The first-order valence-electron chi connectivity index (χ1n) is 12.8. The van der Waals surface area contributed by atoms with E-state index < -0.39 is 14.4 Å². The van der Waals surface area contributed by atoms with E-state index in [1.165, 1.54) is 49.1 Å². The van der Waals surface area contributed by atoms with Gasteiger partial charge in [0.2, 0.25) is 0 Å². The van der Waals surface area contributed by atoms with Crippen LogP contribution in [0.15, 0.2) is 84.9 Å². The molecule has 10 fully saturated rings. The van der Waals surface area contributed by atoms with Gasteiger partial charge in [-0.25, -0.2) is 0 Å². The van der Waals surface area contributed by atoms with E-state index >= 15 is 0 Å². The van der Waals surface area contributed by atoms with Crippen LogP contribution in [0.4, 0.5) is 0 Å². The molecule has 0 amide bonds. The van der Waals surface area contributed by atoms with Crippen molar-refractivity contribution < 1.29 is 6.51 Å². The molecule has 0 aromatic heterocycles. The van der Waals surface area contributed by atoms with Gasteiger partial charge in [0, 0.05) is 0 Å². The summed E-state index contributed by atoms with van der Waals surface area (Å²) in [6.45, 7) is -3.56. The van der Waals surface area contributed by atoms with Crippen molar-refractivity contribution in [1.29, 1.82) is 0 Å². The minimum atomic E-state index is -3.56. The van der Waals surface area contributed by atoms with Crippen LogP contribution < -0.4 is 15.9 Å². The maximum absolute atomic E-state index is 3.56. The molecule has 5 atom stereocenters. The van der Waals surface area contributed by atoms with Crippen LogP contribution in [0, 0.1) is 0 Å². The standard InChI is InChI=1S/C25H23NP.C5H5.Fe/c1-26(2)24-18-11-17-22(24)23-16-9-10-19-25(23)27(20-12-5-3-6-13-20)21-14-7-4-8-15-21;1-2-4-5-3-1;/h3-19H,1-2H3;1-5H;. The van der Waals surface area contributed by atoms with Crippen molar-refractivity contribution in [1.82, 2.24) is 4.90 Å². The Hall–Kier alpha value is -1.43. The molecule has 0 saturated carbocycles. The zero-order chi connectivity index (χ0) is 21.3. The minimum absolute atomic E-state index is 0.520. The Kier molecular flexibility index (Phi) is 1.01. The van der Waals surface area contributed by atoms with E-state index in [9.17, 15) is 0 Å². The number of rotatable bonds is 5. The van der Waals surface area contributed by atoms with Crippen LogP contribution in [-0.2, 0) is 10.8 Å². The third-order valence-corrected chi connectivity index (χ3v) is 64.3. The van der Waals surface area contributed by atoms with Gasteiger partial charge in [-0.2, -0.15) is 0 Å². The number of fused-ring (bicyclic) bond motifs is 10. The zero-order valence-electron chi connectivity index (χ0n) is 18.9. The van der Waals surface area contributed by atoms with Gasteiger partial charge in [-0.15, -0.1) is 0 Å². The molecule has 13 rings (SSSR count). The second-order valence-corrected chi connectivity index (χ2v) is 40.5. The average molecular weight is 489 g/mol. The summed E-state index contributed by atoms with van der Waals surface area (Å²) in [5.41, 5.74) is 1.89. The number of likely N-dealkylation sites (N-methyl/N-ethyl adjacent to an activating group) is 1. The molecule has 3 aromatic rings. The van der Waals surface area contributed by atoms with Crippen molar-refractivity contribution in [3.8, 4) is 0 Å². The van der Waals surface area contributed by atoms with Crippen LogP contribution in [0.25, 0.3) is 0 Å². The predicted octanol–water partition coefficient (Wildman–Crippen LogP) is 5.71. The van der Waals surface area contributed by atoms with E-state index in [0.29, 0.717) is 8.75 Å². The molecule has 33 heavy (non-hydrogen) atoms. The second kappa shape index (κ2) is 2.15. The third kappa shape index (κ3) is 0.326. The normalized spacial score (nSPS) is 69.5. The Labute approximate surface area is 186 Å². The summed E-state index contributed by atoms with van der Waals surface area (Å²) in [7, 11) is 4.51. The van der Waals surface area contributed by atoms with Gasteiger partial charge in [-0.3, -0.25) is 0 Å². The molecule has 0 aliphatic carbocycles. The van der Waals surface area contributed by atoms with Crippen molar-refractivity contribution in [3.63, 3.8) is 0 Å². The molecule has 1 spiro atoms. The molecule has 166 valence electrons. The van der Waals surface area contributed by atoms with Crippen molar-refractivity contribution in [2.45, 2.75) is 47.3 Å². The van der Waals surface area contributed by atoms with Crippen molar-refractivity contribution in [3.05, 3.63) is 90.5 Å². The number of nitrogens with zero attached hydrogens (tertiary/aromatic N) is 1. The van der Waals surface area contributed by atoms with E-state index in [1.54, 1.807) is 5.30 Å². The van der Waals surface area contributed by atoms with Gasteiger partial charge in [0.15, 0.2) is 0 Å². The molecule has 5 unspecified atom stereocenters. The number of benzene rings is 3. The first-order valence-corrected chi connectivity index (χ1v) is 20.4. The number of hydrogen-bond acceptors (Lipinski definition) is 1. The zero-order valence-corrected chi connectivity index (χ0v) is 20.9. The average Bonchev–Trinajstić information content (AvgIpc) is 3.80. The molecule has 10 aliphatic rings. The van der Waals surface area contributed by atoms with E-state index in [-0.39, 0.29) is 0 Å². The quantitative estimate of drug-likeness (QED) is 0.328. The topological polar surface area (TPSA) is 3.24 Å². The predicted molar refractivity (Wildman–Crippen MR) is 133 cm³/mol.